The molecule has 26 heavy (non-hydrogen) atoms. The summed E-state index contributed by atoms with van der Waals surface area (Å²) in [5.74, 6) is -0.128. The van der Waals surface area contributed by atoms with Crippen molar-refractivity contribution in [3.63, 3.8) is 0 Å². The van der Waals surface area contributed by atoms with Crippen molar-refractivity contribution in [1.29, 1.82) is 0 Å². The monoisotopic (exact) mass is 363 g/mol. The van der Waals surface area contributed by atoms with Gasteiger partial charge in [0.05, 0.1) is 4.91 Å². The van der Waals surface area contributed by atoms with E-state index in [1.54, 1.807) is 12.1 Å². The number of benzene rings is 2. The lowest BCUT2D eigenvalue weighted by Crippen LogP contribution is -2.37. The Labute approximate surface area is 157 Å². The zero-order valence-electron chi connectivity index (χ0n) is 14.5. The molecule has 4 heteroatoms. The second-order valence-corrected chi connectivity index (χ2v) is 7.89. The Morgan fingerprint density at radius 1 is 0.769 bits per heavy atom. The number of carbonyl (C=O) groups is 2. The Morgan fingerprint density at radius 2 is 1.38 bits per heavy atom. The average Bonchev–Trinajstić information content (AvgIpc) is 2.70. The van der Waals surface area contributed by atoms with Crippen LogP contribution in [0.2, 0.25) is 0 Å². The number of nitrogens with one attached hydrogen (secondary N) is 1. The van der Waals surface area contributed by atoms with Crippen LogP contribution in [0.4, 0.5) is 0 Å². The number of hydrogen-bond acceptors (Lipinski definition) is 4. The Hall–Kier alpha value is -2.33. The standard InChI is InChI=1S/C22H21NO2S/c24-20-17-13-7-8-14-18(17)21(25)22(26-16-11-5-2-6-12-16)19(20)23-15-9-3-1-4-10-15/h2,5-8,11-15,23H,1,3-4,9-10H2. The van der Waals surface area contributed by atoms with Gasteiger partial charge in [0.2, 0.25) is 11.6 Å². The summed E-state index contributed by atoms with van der Waals surface area (Å²) < 4.78 is 0. The molecule has 0 atom stereocenters. The summed E-state index contributed by atoms with van der Waals surface area (Å²) in [6.45, 7) is 0. The predicted molar refractivity (Wildman–Crippen MR) is 104 cm³/mol. The lowest BCUT2D eigenvalue weighted by atomic mass is 9.90. The molecule has 0 heterocycles. The summed E-state index contributed by atoms with van der Waals surface area (Å²) in [6, 6.07) is 17.2. The van der Waals surface area contributed by atoms with Gasteiger partial charge in [-0.05, 0) is 25.0 Å². The molecule has 0 unspecified atom stereocenters. The van der Waals surface area contributed by atoms with Gasteiger partial charge in [0.1, 0.15) is 5.70 Å². The summed E-state index contributed by atoms with van der Waals surface area (Å²) in [4.78, 5) is 27.8. The second kappa shape index (κ2) is 7.50. The maximum atomic E-state index is 13.2. The van der Waals surface area contributed by atoms with Crippen LogP contribution in [-0.2, 0) is 0 Å². The molecule has 0 amide bonds. The minimum atomic E-state index is -0.0656. The largest absolute Gasteiger partial charge is 0.378 e. The molecule has 2 aromatic rings. The lowest BCUT2D eigenvalue weighted by Gasteiger charge is -2.28. The normalized spacial score (nSPS) is 18.0. The van der Waals surface area contributed by atoms with E-state index >= 15 is 0 Å². The number of rotatable bonds is 4. The first-order valence-electron chi connectivity index (χ1n) is 9.16. The fourth-order valence-corrected chi connectivity index (χ4v) is 4.62. The van der Waals surface area contributed by atoms with Gasteiger partial charge in [0.15, 0.2) is 0 Å². The van der Waals surface area contributed by atoms with Gasteiger partial charge in [0.25, 0.3) is 0 Å². The molecule has 0 aromatic heterocycles. The number of thioether (sulfide) groups is 1. The van der Waals surface area contributed by atoms with Crippen LogP contribution in [-0.4, -0.2) is 17.6 Å². The molecule has 3 nitrogen and oxygen atoms in total. The predicted octanol–water partition coefficient (Wildman–Crippen LogP) is 4.99. The third-order valence-electron chi connectivity index (χ3n) is 4.99. The molecule has 1 saturated carbocycles. The van der Waals surface area contributed by atoms with E-state index in [0.29, 0.717) is 21.7 Å². The number of carbonyl (C=O) groups excluding carboxylic acids is 2. The van der Waals surface area contributed by atoms with E-state index in [0.717, 1.165) is 17.7 Å². The molecule has 1 fully saturated rings. The van der Waals surface area contributed by atoms with Crippen molar-refractivity contribution in [2.24, 2.45) is 0 Å². The molecule has 0 aliphatic heterocycles. The molecule has 0 spiro atoms. The first kappa shape index (κ1) is 17.1. The highest BCUT2D eigenvalue weighted by atomic mass is 32.2. The maximum Gasteiger partial charge on any atom is 0.210 e. The molecule has 4 rings (SSSR count). The maximum absolute atomic E-state index is 13.2. The number of hydrogen-bond donors (Lipinski definition) is 1. The van der Waals surface area contributed by atoms with Crippen molar-refractivity contribution in [1.82, 2.24) is 5.32 Å². The van der Waals surface area contributed by atoms with E-state index in [4.69, 9.17) is 0 Å². The van der Waals surface area contributed by atoms with E-state index in [9.17, 15) is 9.59 Å². The van der Waals surface area contributed by atoms with Crippen LogP contribution in [0.3, 0.4) is 0 Å². The van der Waals surface area contributed by atoms with Crippen LogP contribution in [0.15, 0.2) is 70.1 Å². The second-order valence-electron chi connectivity index (χ2n) is 6.80. The zero-order valence-corrected chi connectivity index (χ0v) is 15.4. The van der Waals surface area contributed by atoms with Crippen LogP contribution in [0.25, 0.3) is 0 Å². The van der Waals surface area contributed by atoms with Gasteiger partial charge in [0, 0.05) is 22.1 Å². The molecule has 2 aliphatic carbocycles. The van der Waals surface area contributed by atoms with Gasteiger partial charge in [-0.25, -0.2) is 0 Å². The first-order valence-corrected chi connectivity index (χ1v) is 9.98. The van der Waals surface area contributed by atoms with Crippen molar-refractivity contribution in [3.05, 3.63) is 76.3 Å². The fraction of sp³-hybridized carbons (Fsp3) is 0.273. The molecular formula is C22H21NO2S. The lowest BCUT2D eigenvalue weighted by molar-refractivity contribution is 0.0972. The summed E-state index contributed by atoms with van der Waals surface area (Å²) in [6.07, 6.45) is 5.69. The highest BCUT2D eigenvalue weighted by Crippen LogP contribution is 2.36. The van der Waals surface area contributed by atoms with Crippen LogP contribution in [0.5, 0.6) is 0 Å². The molecule has 1 N–H and O–H groups in total. The quantitative estimate of drug-likeness (QED) is 0.831. The number of ketones is 2. The molecule has 0 bridgehead atoms. The van der Waals surface area contributed by atoms with E-state index in [2.05, 4.69) is 5.32 Å². The SMILES string of the molecule is O=C1C(NC2CCCCC2)=C(Sc2ccccc2)C(=O)c2ccccc21. The Bertz CT molecular complexity index is 867. The van der Waals surface area contributed by atoms with Gasteiger partial charge in [-0.3, -0.25) is 9.59 Å². The molecule has 2 aliphatic rings. The van der Waals surface area contributed by atoms with Gasteiger partial charge >= 0.3 is 0 Å². The Morgan fingerprint density at radius 3 is 2.08 bits per heavy atom. The Kier molecular flexibility index (Phi) is 4.93. The van der Waals surface area contributed by atoms with Crippen molar-refractivity contribution in [2.45, 2.75) is 43.0 Å². The highest BCUT2D eigenvalue weighted by Gasteiger charge is 2.33. The van der Waals surface area contributed by atoms with E-state index < -0.39 is 0 Å². The third kappa shape index (κ3) is 3.34. The van der Waals surface area contributed by atoms with Crippen LogP contribution < -0.4 is 5.32 Å². The highest BCUT2D eigenvalue weighted by molar-refractivity contribution is 8.04. The van der Waals surface area contributed by atoms with Crippen LogP contribution in [0.1, 0.15) is 52.8 Å². The van der Waals surface area contributed by atoms with Crippen molar-refractivity contribution in [2.75, 3.05) is 0 Å². The average molecular weight is 363 g/mol. The summed E-state index contributed by atoms with van der Waals surface area (Å²) in [5, 5.41) is 3.44. The minimum absolute atomic E-state index is 0.0626. The van der Waals surface area contributed by atoms with E-state index in [1.807, 2.05) is 42.5 Å². The van der Waals surface area contributed by atoms with Crippen molar-refractivity contribution in [3.8, 4) is 0 Å². The van der Waals surface area contributed by atoms with Gasteiger partial charge in [-0.2, -0.15) is 0 Å². The van der Waals surface area contributed by atoms with Crippen molar-refractivity contribution < 1.29 is 9.59 Å². The number of allylic oxidation sites excluding steroid dienone is 2. The molecule has 0 saturated heterocycles. The molecule has 132 valence electrons. The summed E-state index contributed by atoms with van der Waals surface area (Å²) in [5.41, 5.74) is 1.49. The number of Topliss-reactive ketones (excluding diaryl/α,β-unsaturated/α-hetero) is 2. The smallest absolute Gasteiger partial charge is 0.210 e. The van der Waals surface area contributed by atoms with Gasteiger partial charge in [-0.15, -0.1) is 0 Å². The minimum Gasteiger partial charge on any atom is -0.378 e. The van der Waals surface area contributed by atoms with Gasteiger partial charge < -0.3 is 5.32 Å². The third-order valence-corrected chi connectivity index (χ3v) is 6.09. The summed E-state index contributed by atoms with van der Waals surface area (Å²) >= 11 is 1.38. The van der Waals surface area contributed by atoms with E-state index in [-0.39, 0.29) is 17.6 Å². The fourth-order valence-electron chi connectivity index (χ4n) is 3.64. The summed E-state index contributed by atoms with van der Waals surface area (Å²) in [7, 11) is 0. The molecule has 2 aromatic carbocycles. The first-order chi connectivity index (χ1) is 12.7. The van der Waals surface area contributed by atoms with Crippen molar-refractivity contribution >= 4 is 23.3 Å². The van der Waals surface area contributed by atoms with E-state index in [1.165, 1.54) is 31.0 Å². The van der Waals surface area contributed by atoms with Crippen LogP contribution >= 0.6 is 11.8 Å². The van der Waals surface area contributed by atoms with Gasteiger partial charge in [-0.1, -0.05) is 73.5 Å². The molecular weight excluding hydrogens is 342 g/mol. The Balaban J connectivity index is 1.74. The van der Waals surface area contributed by atoms with Crippen LogP contribution in [0, 0.1) is 0 Å². The zero-order chi connectivity index (χ0) is 17.9. The topological polar surface area (TPSA) is 46.2 Å². The molecule has 0 radical (unpaired) electrons. The number of fused-ring (bicyclic) bond motifs is 1.